The highest BCUT2D eigenvalue weighted by molar-refractivity contribution is 5.30. The molecule has 3 nitrogen and oxygen atoms in total. The van der Waals surface area contributed by atoms with E-state index in [2.05, 4.69) is 5.32 Å². The average molecular weight is 255 g/mol. The normalized spacial score (nSPS) is 14.3. The molecule has 0 saturated carbocycles. The van der Waals surface area contributed by atoms with Crippen LogP contribution < -0.4 is 10.1 Å². The maximum atomic E-state index is 13.8. The molecule has 1 rings (SSSR count). The van der Waals surface area contributed by atoms with E-state index in [0.29, 0.717) is 24.3 Å². The minimum Gasteiger partial charge on any atom is -0.493 e. The SMILES string of the molecule is CCNC(C)c1ccc(OCCC(C)O)cc1F. The van der Waals surface area contributed by atoms with Gasteiger partial charge in [-0.05, 0) is 26.5 Å². The van der Waals surface area contributed by atoms with E-state index in [9.17, 15) is 4.39 Å². The van der Waals surface area contributed by atoms with Crippen LogP contribution in [0.4, 0.5) is 4.39 Å². The second-order valence-electron chi connectivity index (χ2n) is 4.45. The number of halogens is 1. The lowest BCUT2D eigenvalue weighted by Crippen LogP contribution is -2.18. The van der Waals surface area contributed by atoms with E-state index in [1.807, 2.05) is 13.8 Å². The summed E-state index contributed by atoms with van der Waals surface area (Å²) in [5.41, 5.74) is 0.639. The summed E-state index contributed by atoms with van der Waals surface area (Å²) in [4.78, 5) is 0. The number of aliphatic hydroxyl groups excluding tert-OH is 1. The molecule has 0 aliphatic heterocycles. The molecule has 0 radical (unpaired) electrons. The predicted molar refractivity (Wildman–Crippen MR) is 70.3 cm³/mol. The van der Waals surface area contributed by atoms with Gasteiger partial charge in [0.05, 0.1) is 12.7 Å². The molecule has 0 heterocycles. The van der Waals surface area contributed by atoms with Crippen LogP contribution in [0.3, 0.4) is 0 Å². The first kappa shape index (κ1) is 14.9. The zero-order valence-corrected chi connectivity index (χ0v) is 11.2. The minimum atomic E-state index is -0.400. The molecule has 2 unspecified atom stereocenters. The molecule has 4 heteroatoms. The summed E-state index contributed by atoms with van der Waals surface area (Å²) in [6.45, 7) is 6.80. The minimum absolute atomic E-state index is 0.0125. The van der Waals surface area contributed by atoms with Crippen molar-refractivity contribution in [3.05, 3.63) is 29.6 Å². The van der Waals surface area contributed by atoms with Crippen molar-refractivity contribution < 1.29 is 14.2 Å². The second-order valence-corrected chi connectivity index (χ2v) is 4.45. The Morgan fingerprint density at radius 1 is 1.39 bits per heavy atom. The van der Waals surface area contributed by atoms with Crippen molar-refractivity contribution in [3.8, 4) is 5.75 Å². The maximum absolute atomic E-state index is 13.8. The topological polar surface area (TPSA) is 41.5 Å². The Balaban J connectivity index is 2.61. The molecular weight excluding hydrogens is 233 g/mol. The van der Waals surface area contributed by atoms with Gasteiger partial charge in [-0.3, -0.25) is 0 Å². The number of rotatable bonds is 7. The van der Waals surface area contributed by atoms with Gasteiger partial charge in [0.25, 0.3) is 0 Å². The fraction of sp³-hybridized carbons (Fsp3) is 0.571. The van der Waals surface area contributed by atoms with Crippen molar-refractivity contribution in [2.45, 2.75) is 39.3 Å². The van der Waals surface area contributed by atoms with E-state index in [0.717, 1.165) is 6.54 Å². The third-order valence-corrected chi connectivity index (χ3v) is 2.75. The first-order valence-corrected chi connectivity index (χ1v) is 6.38. The quantitative estimate of drug-likeness (QED) is 0.787. The van der Waals surface area contributed by atoms with E-state index < -0.39 is 6.10 Å². The monoisotopic (exact) mass is 255 g/mol. The first-order valence-electron chi connectivity index (χ1n) is 6.38. The molecule has 2 N–H and O–H groups in total. The van der Waals surface area contributed by atoms with Gasteiger partial charge in [0, 0.05) is 24.1 Å². The molecule has 0 aromatic heterocycles. The fourth-order valence-electron chi connectivity index (χ4n) is 1.71. The molecule has 0 aliphatic rings. The van der Waals surface area contributed by atoms with Crippen molar-refractivity contribution in [3.63, 3.8) is 0 Å². The Morgan fingerprint density at radius 2 is 2.11 bits per heavy atom. The molecule has 0 bridgehead atoms. The van der Waals surface area contributed by atoms with Gasteiger partial charge in [0.1, 0.15) is 11.6 Å². The maximum Gasteiger partial charge on any atom is 0.131 e. The van der Waals surface area contributed by atoms with Crippen LogP contribution in [0.15, 0.2) is 18.2 Å². The highest BCUT2D eigenvalue weighted by atomic mass is 19.1. The summed E-state index contributed by atoms with van der Waals surface area (Å²) >= 11 is 0. The van der Waals surface area contributed by atoms with Crippen molar-refractivity contribution in [1.29, 1.82) is 0 Å². The van der Waals surface area contributed by atoms with Crippen molar-refractivity contribution in [1.82, 2.24) is 5.32 Å². The van der Waals surface area contributed by atoms with Gasteiger partial charge < -0.3 is 15.2 Å². The molecule has 0 saturated heterocycles. The number of benzene rings is 1. The standard InChI is InChI=1S/C14H22FNO2/c1-4-16-11(3)13-6-5-12(9-14(13)15)18-8-7-10(2)17/h5-6,9-11,16-17H,4,7-8H2,1-3H3. The van der Waals surface area contributed by atoms with E-state index in [1.54, 1.807) is 19.1 Å². The molecule has 1 aromatic carbocycles. The van der Waals surface area contributed by atoms with Crippen molar-refractivity contribution >= 4 is 0 Å². The van der Waals surface area contributed by atoms with Gasteiger partial charge in [-0.1, -0.05) is 13.0 Å². The van der Waals surface area contributed by atoms with Crippen LogP contribution >= 0.6 is 0 Å². The molecule has 0 fully saturated rings. The Labute approximate surface area is 108 Å². The predicted octanol–water partition coefficient (Wildman–Crippen LogP) is 2.65. The summed E-state index contributed by atoms with van der Waals surface area (Å²) in [6, 6.07) is 4.88. The summed E-state index contributed by atoms with van der Waals surface area (Å²) in [5.74, 6) is 0.235. The van der Waals surface area contributed by atoms with Crippen LogP contribution in [0, 0.1) is 5.82 Å². The molecular formula is C14H22FNO2. The average Bonchev–Trinajstić information content (AvgIpc) is 2.28. The molecule has 2 atom stereocenters. The number of ether oxygens (including phenoxy) is 1. The van der Waals surface area contributed by atoms with Crippen molar-refractivity contribution in [2.24, 2.45) is 0 Å². The third-order valence-electron chi connectivity index (χ3n) is 2.75. The summed E-state index contributed by atoms with van der Waals surface area (Å²) in [7, 11) is 0. The molecule has 0 aliphatic carbocycles. The molecule has 18 heavy (non-hydrogen) atoms. The van der Waals surface area contributed by atoms with Crippen LogP contribution in [0.5, 0.6) is 5.75 Å². The van der Waals surface area contributed by atoms with Crippen LogP contribution in [0.1, 0.15) is 38.8 Å². The van der Waals surface area contributed by atoms with E-state index >= 15 is 0 Å². The van der Waals surface area contributed by atoms with Gasteiger partial charge in [-0.15, -0.1) is 0 Å². The summed E-state index contributed by atoms with van der Waals surface area (Å²) in [5, 5.41) is 12.3. The molecule has 0 spiro atoms. The van der Waals surface area contributed by atoms with E-state index in [4.69, 9.17) is 9.84 Å². The van der Waals surface area contributed by atoms with Gasteiger partial charge >= 0.3 is 0 Å². The number of hydrogen-bond acceptors (Lipinski definition) is 3. The largest absolute Gasteiger partial charge is 0.493 e. The van der Waals surface area contributed by atoms with Crippen LogP contribution in [-0.4, -0.2) is 24.4 Å². The Kier molecular flexibility index (Phi) is 6.09. The van der Waals surface area contributed by atoms with Gasteiger partial charge in [-0.25, -0.2) is 4.39 Å². The number of nitrogens with one attached hydrogen (secondary N) is 1. The van der Waals surface area contributed by atoms with Crippen LogP contribution in [0.25, 0.3) is 0 Å². The van der Waals surface area contributed by atoms with Gasteiger partial charge in [0.2, 0.25) is 0 Å². The molecule has 102 valence electrons. The first-order chi connectivity index (χ1) is 8.54. The van der Waals surface area contributed by atoms with E-state index in [1.165, 1.54) is 6.07 Å². The summed E-state index contributed by atoms with van der Waals surface area (Å²) in [6.07, 6.45) is 0.139. The lowest BCUT2D eigenvalue weighted by atomic mass is 10.1. The van der Waals surface area contributed by atoms with Crippen LogP contribution in [-0.2, 0) is 0 Å². The highest BCUT2D eigenvalue weighted by Crippen LogP contribution is 2.22. The van der Waals surface area contributed by atoms with E-state index in [-0.39, 0.29) is 11.9 Å². The fourth-order valence-corrected chi connectivity index (χ4v) is 1.71. The lowest BCUT2D eigenvalue weighted by molar-refractivity contribution is 0.155. The third kappa shape index (κ3) is 4.63. The van der Waals surface area contributed by atoms with Gasteiger partial charge in [0.15, 0.2) is 0 Å². The van der Waals surface area contributed by atoms with Crippen LogP contribution in [0.2, 0.25) is 0 Å². The van der Waals surface area contributed by atoms with Crippen molar-refractivity contribution in [2.75, 3.05) is 13.2 Å². The second kappa shape index (κ2) is 7.34. The smallest absolute Gasteiger partial charge is 0.131 e. The highest BCUT2D eigenvalue weighted by Gasteiger charge is 2.10. The Morgan fingerprint density at radius 3 is 2.67 bits per heavy atom. The summed E-state index contributed by atoms with van der Waals surface area (Å²) < 4.78 is 19.2. The lowest BCUT2D eigenvalue weighted by Gasteiger charge is -2.15. The number of aliphatic hydroxyl groups is 1. The zero-order valence-electron chi connectivity index (χ0n) is 11.2. The number of hydrogen-bond donors (Lipinski definition) is 2. The Bertz CT molecular complexity index is 369. The van der Waals surface area contributed by atoms with Gasteiger partial charge in [-0.2, -0.15) is 0 Å². The molecule has 0 amide bonds. The zero-order chi connectivity index (χ0) is 13.5. The Hall–Kier alpha value is -1.13. The molecule has 1 aromatic rings.